The zero-order valence-corrected chi connectivity index (χ0v) is 7.76. The largest absolute Gasteiger partial charge is 0.389 e. The predicted molar refractivity (Wildman–Crippen MR) is 49.1 cm³/mol. The first-order chi connectivity index (χ1) is 6.07. The van der Waals surface area contributed by atoms with Gasteiger partial charge in [0, 0.05) is 0 Å². The monoisotopic (exact) mass is 187 g/mol. The summed E-state index contributed by atoms with van der Waals surface area (Å²) < 4.78 is 5.42. The van der Waals surface area contributed by atoms with Crippen LogP contribution in [0.5, 0.6) is 0 Å². The molecule has 0 spiro atoms. The molecule has 0 aromatic heterocycles. The Hall–Kier alpha value is -0.420. The van der Waals surface area contributed by atoms with E-state index in [1.54, 1.807) is 13.0 Å². The van der Waals surface area contributed by atoms with E-state index in [1.165, 1.54) is 0 Å². The Morgan fingerprint density at radius 3 is 2.62 bits per heavy atom. The summed E-state index contributed by atoms with van der Waals surface area (Å²) in [4.78, 5) is 0. The summed E-state index contributed by atoms with van der Waals surface area (Å²) in [6.07, 6.45) is -0.132. The van der Waals surface area contributed by atoms with Crippen LogP contribution in [0.4, 0.5) is 0 Å². The van der Waals surface area contributed by atoms with Gasteiger partial charge in [-0.15, -0.1) is 6.58 Å². The summed E-state index contributed by atoms with van der Waals surface area (Å²) in [5.74, 6) is 0. The first-order valence-corrected chi connectivity index (χ1v) is 4.46. The second-order valence-electron chi connectivity index (χ2n) is 3.46. The molecule has 1 rings (SSSR count). The summed E-state index contributed by atoms with van der Waals surface area (Å²) in [6.45, 7) is 5.30. The molecule has 0 amide bonds. The molecule has 0 saturated carbocycles. The van der Waals surface area contributed by atoms with Crippen LogP contribution in [0.1, 0.15) is 13.3 Å². The van der Waals surface area contributed by atoms with Crippen LogP contribution < -0.4 is 5.73 Å². The minimum absolute atomic E-state index is 0.245. The van der Waals surface area contributed by atoms with Gasteiger partial charge in [-0.25, -0.2) is 0 Å². The first kappa shape index (κ1) is 10.7. The van der Waals surface area contributed by atoms with Gasteiger partial charge in [-0.05, 0) is 13.3 Å². The van der Waals surface area contributed by atoms with Crippen LogP contribution in [0.2, 0.25) is 0 Å². The van der Waals surface area contributed by atoms with Crippen molar-refractivity contribution in [2.24, 2.45) is 5.73 Å². The molecule has 13 heavy (non-hydrogen) atoms. The van der Waals surface area contributed by atoms with Crippen LogP contribution in [0.15, 0.2) is 12.7 Å². The summed E-state index contributed by atoms with van der Waals surface area (Å²) in [7, 11) is 0. The smallest absolute Gasteiger partial charge is 0.107 e. The Labute approximate surface area is 78.0 Å². The molecule has 5 atom stereocenters. The maximum absolute atomic E-state index is 9.52. The first-order valence-electron chi connectivity index (χ1n) is 4.46. The highest BCUT2D eigenvalue weighted by atomic mass is 16.5. The number of ether oxygens (including phenoxy) is 1. The zero-order valence-electron chi connectivity index (χ0n) is 7.76. The SMILES string of the molecule is C=CC[C@H]1OC(C)C(O)C(O)C1N. The molecule has 4 unspecified atom stereocenters. The maximum Gasteiger partial charge on any atom is 0.107 e. The molecule has 4 N–H and O–H groups in total. The number of nitrogens with two attached hydrogens (primary N) is 1. The summed E-state index contributed by atoms with van der Waals surface area (Å²) in [5.41, 5.74) is 5.68. The Balaban J connectivity index is 2.64. The molecule has 4 heteroatoms. The van der Waals surface area contributed by atoms with Crippen LogP contribution in [-0.4, -0.2) is 40.7 Å². The lowest BCUT2D eigenvalue weighted by Gasteiger charge is -2.39. The van der Waals surface area contributed by atoms with Crippen LogP contribution >= 0.6 is 0 Å². The quantitative estimate of drug-likeness (QED) is 0.504. The van der Waals surface area contributed by atoms with Gasteiger partial charge in [0.25, 0.3) is 0 Å². The van der Waals surface area contributed by atoms with E-state index in [0.29, 0.717) is 6.42 Å². The van der Waals surface area contributed by atoms with Crippen LogP contribution in [0.25, 0.3) is 0 Å². The summed E-state index contributed by atoms with van der Waals surface area (Å²) in [5, 5.41) is 18.9. The fourth-order valence-electron chi connectivity index (χ4n) is 1.55. The minimum Gasteiger partial charge on any atom is -0.389 e. The highest BCUT2D eigenvalue weighted by molar-refractivity contribution is 4.95. The molecule has 0 aliphatic carbocycles. The van der Waals surface area contributed by atoms with Crippen molar-refractivity contribution in [3.63, 3.8) is 0 Å². The molecule has 1 fully saturated rings. The van der Waals surface area contributed by atoms with Crippen molar-refractivity contribution in [3.8, 4) is 0 Å². The number of aliphatic hydroxyl groups excluding tert-OH is 2. The van der Waals surface area contributed by atoms with Crippen molar-refractivity contribution in [1.29, 1.82) is 0 Å². The lowest BCUT2D eigenvalue weighted by Crippen LogP contribution is -2.60. The average molecular weight is 187 g/mol. The van der Waals surface area contributed by atoms with E-state index >= 15 is 0 Å². The Morgan fingerprint density at radius 1 is 1.46 bits per heavy atom. The molecular formula is C9H17NO3. The lowest BCUT2D eigenvalue weighted by molar-refractivity contribution is -0.170. The standard InChI is InChI=1S/C9H17NO3/c1-3-4-6-7(10)9(12)8(11)5(2)13-6/h3,5-9,11-12H,1,4,10H2,2H3/t5?,6-,7?,8?,9?/m1/s1. The molecule has 0 bridgehead atoms. The minimum atomic E-state index is -0.909. The van der Waals surface area contributed by atoms with Gasteiger partial charge in [-0.2, -0.15) is 0 Å². The second-order valence-corrected chi connectivity index (χ2v) is 3.46. The van der Waals surface area contributed by atoms with E-state index in [0.717, 1.165) is 0 Å². The highest BCUT2D eigenvalue weighted by Crippen LogP contribution is 2.21. The molecule has 4 nitrogen and oxygen atoms in total. The van der Waals surface area contributed by atoms with Gasteiger partial charge in [-0.3, -0.25) is 0 Å². The Morgan fingerprint density at radius 2 is 2.08 bits per heavy atom. The molecule has 1 saturated heterocycles. The Bertz CT molecular complexity index is 186. The Kier molecular flexibility index (Phi) is 3.44. The maximum atomic E-state index is 9.52. The molecule has 0 radical (unpaired) electrons. The third-order valence-electron chi connectivity index (χ3n) is 2.44. The van der Waals surface area contributed by atoms with Crippen molar-refractivity contribution in [3.05, 3.63) is 12.7 Å². The predicted octanol–water partition coefficient (Wildman–Crippen LogP) is -0.601. The second kappa shape index (κ2) is 4.19. The van der Waals surface area contributed by atoms with Gasteiger partial charge in [0.05, 0.1) is 24.4 Å². The van der Waals surface area contributed by atoms with E-state index in [4.69, 9.17) is 10.5 Å². The topological polar surface area (TPSA) is 75.7 Å². The van der Waals surface area contributed by atoms with Crippen molar-refractivity contribution >= 4 is 0 Å². The molecule has 1 aliphatic rings. The molecule has 1 aliphatic heterocycles. The van der Waals surface area contributed by atoms with Gasteiger partial charge in [-0.1, -0.05) is 6.08 Å². The van der Waals surface area contributed by atoms with Crippen molar-refractivity contribution in [2.45, 2.75) is 43.8 Å². The van der Waals surface area contributed by atoms with Gasteiger partial charge >= 0.3 is 0 Å². The highest BCUT2D eigenvalue weighted by Gasteiger charge is 2.39. The van der Waals surface area contributed by atoms with Crippen LogP contribution in [-0.2, 0) is 4.74 Å². The van der Waals surface area contributed by atoms with Gasteiger partial charge in [0.1, 0.15) is 6.10 Å². The van der Waals surface area contributed by atoms with Crippen LogP contribution in [0, 0.1) is 0 Å². The van der Waals surface area contributed by atoms with Crippen molar-refractivity contribution in [2.75, 3.05) is 0 Å². The molecule has 76 valence electrons. The number of rotatable bonds is 2. The van der Waals surface area contributed by atoms with E-state index in [-0.39, 0.29) is 12.2 Å². The fraction of sp³-hybridized carbons (Fsp3) is 0.778. The van der Waals surface area contributed by atoms with E-state index in [2.05, 4.69) is 6.58 Å². The normalized spacial score (nSPS) is 46.0. The van der Waals surface area contributed by atoms with Gasteiger partial charge in [0.2, 0.25) is 0 Å². The lowest BCUT2D eigenvalue weighted by atomic mass is 9.92. The zero-order chi connectivity index (χ0) is 10.0. The van der Waals surface area contributed by atoms with Gasteiger partial charge < -0.3 is 20.7 Å². The van der Waals surface area contributed by atoms with E-state index < -0.39 is 18.2 Å². The number of aliphatic hydroxyl groups is 2. The van der Waals surface area contributed by atoms with Crippen LogP contribution in [0.3, 0.4) is 0 Å². The average Bonchev–Trinajstić information content (AvgIpc) is 2.11. The summed E-state index contributed by atoms with van der Waals surface area (Å²) >= 11 is 0. The molecule has 1 heterocycles. The van der Waals surface area contributed by atoms with Crippen molar-refractivity contribution in [1.82, 2.24) is 0 Å². The van der Waals surface area contributed by atoms with E-state index in [1.807, 2.05) is 0 Å². The van der Waals surface area contributed by atoms with Crippen molar-refractivity contribution < 1.29 is 14.9 Å². The fourth-order valence-corrected chi connectivity index (χ4v) is 1.55. The molecule has 0 aromatic carbocycles. The number of hydrogen-bond acceptors (Lipinski definition) is 4. The summed E-state index contributed by atoms with van der Waals surface area (Å²) in [6, 6.07) is -0.538. The molecule has 0 aromatic rings. The molecular weight excluding hydrogens is 170 g/mol. The van der Waals surface area contributed by atoms with E-state index in [9.17, 15) is 10.2 Å². The van der Waals surface area contributed by atoms with Gasteiger partial charge in [0.15, 0.2) is 0 Å². The number of hydrogen-bond donors (Lipinski definition) is 3. The third kappa shape index (κ3) is 2.08. The third-order valence-corrected chi connectivity index (χ3v) is 2.44.